The molecular formula is C15H16ClNO3. The fraction of sp³-hybridized carbons (Fsp3) is 0.200. The van der Waals surface area contributed by atoms with Crippen molar-refractivity contribution in [1.82, 2.24) is 0 Å². The third kappa shape index (κ3) is 3.96. The number of benzene rings is 2. The highest BCUT2D eigenvalue weighted by molar-refractivity contribution is 6.33. The monoisotopic (exact) mass is 293 g/mol. The largest absolute Gasteiger partial charge is 0.497 e. The third-order valence-corrected chi connectivity index (χ3v) is 2.99. The first-order valence-corrected chi connectivity index (χ1v) is 6.51. The molecule has 0 saturated heterocycles. The topological polar surface area (TPSA) is 53.7 Å². The first-order valence-electron chi connectivity index (χ1n) is 6.14. The highest BCUT2D eigenvalue weighted by Crippen LogP contribution is 2.23. The van der Waals surface area contributed by atoms with Crippen LogP contribution in [0.3, 0.4) is 0 Å². The Kier molecular flexibility index (Phi) is 4.96. The van der Waals surface area contributed by atoms with Crippen LogP contribution in [0.4, 0.5) is 5.69 Å². The summed E-state index contributed by atoms with van der Waals surface area (Å²) >= 11 is 5.83. The minimum absolute atomic E-state index is 0.424. The second kappa shape index (κ2) is 6.91. The van der Waals surface area contributed by atoms with Crippen LogP contribution in [0.5, 0.6) is 17.2 Å². The molecule has 0 aromatic heterocycles. The van der Waals surface area contributed by atoms with Crippen molar-refractivity contribution in [2.24, 2.45) is 0 Å². The molecular weight excluding hydrogens is 278 g/mol. The molecule has 2 aromatic rings. The van der Waals surface area contributed by atoms with Gasteiger partial charge in [0.15, 0.2) is 0 Å². The molecule has 0 amide bonds. The number of rotatable bonds is 6. The van der Waals surface area contributed by atoms with Crippen LogP contribution in [0.1, 0.15) is 0 Å². The highest BCUT2D eigenvalue weighted by atomic mass is 35.5. The smallest absolute Gasteiger partial charge is 0.122 e. The average molecular weight is 294 g/mol. The van der Waals surface area contributed by atoms with E-state index in [0.717, 1.165) is 11.5 Å². The van der Waals surface area contributed by atoms with E-state index in [0.29, 0.717) is 29.7 Å². The zero-order valence-corrected chi connectivity index (χ0v) is 11.9. The predicted octanol–water partition coefficient (Wildman–Crippen LogP) is 3.39. The fourth-order valence-corrected chi connectivity index (χ4v) is 1.72. The molecule has 0 aliphatic rings. The summed E-state index contributed by atoms with van der Waals surface area (Å²) in [5.41, 5.74) is 6.19. The van der Waals surface area contributed by atoms with Crippen molar-refractivity contribution in [3.63, 3.8) is 0 Å². The fourth-order valence-electron chi connectivity index (χ4n) is 1.60. The second-order valence-corrected chi connectivity index (χ2v) is 4.46. The van der Waals surface area contributed by atoms with Crippen molar-refractivity contribution in [2.45, 2.75) is 0 Å². The Bertz CT molecular complexity index is 558. The van der Waals surface area contributed by atoms with E-state index in [1.54, 1.807) is 25.3 Å². The van der Waals surface area contributed by atoms with Gasteiger partial charge >= 0.3 is 0 Å². The van der Waals surface area contributed by atoms with Crippen LogP contribution in [-0.4, -0.2) is 20.3 Å². The van der Waals surface area contributed by atoms with Crippen LogP contribution in [0.2, 0.25) is 5.02 Å². The molecule has 0 radical (unpaired) electrons. The summed E-state index contributed by atoms with van der Waals surface area (Å²) < 4.78 is 16.1. The zero-order chi connectivity index (χ0) is 14.4. The lowest BCUT2D eigenvalue weighted by Gasteiger charge is -2.09. The van der Waals surface area contributed by atoms with Gasteiger partial charge in [-0.15, -0.1) is 0 Å². The van der Waals surface area contributed by atoms with Crippen molar-refractivity contribution in [2.75, 3.05) is 26.1 Å². The number of nitrogen functional groups attached to an aromatic ring is 1. The molecule has 0 aliphatic heterocycles. The van der Waals surface area contributed by atoms with Crippen molar-refractivity contribution >= 4 is 17.3 Å². The number of halogens is 1. The first-order chi connectivity index (χ1) is 9.69. The van der Waals surface area contributed by atoms with Gasteiger partial charge in [-0.2, -0.15) is 0 Å². The first kappa shape index (κ1) is 14.3. The molecule has 2 N–H and O–H groups in total. The molecule has 5 heteroatoms. The van der Waals surface area contributed by atoms with E-state index in [9.17, 15) is 0 Å². The Morgan fingerprint density at radius 3 is 2.05 bits per heavy atom. The van der Waals surface area contributed by atoms with Crippen molar-refractivity contribution in [3.05, 3.63) is 47.5 Å². The molecule has 2 rings (SSSR count). The SMILES string of the molecule is COc1ccc(OCCOc2ccc(Cl)c(N)c2)cc1. The standard InChI is InChI=1S/C15H16ClNO3/c1-18-11-2-4-12(5-3-11)19-8-9-20-13-6-7-14(16)15(17)10-13/h2-7,10H,8-9,17H2,1H3. The number of methoxy groups -OCH3 is 1. The summed E-state index contributed by atoms with van der Waals surface area (Å²) in [6.07, 6.45) is 0. The van der Waals surface area contributed by atoms with Gasteiger partial charge in [0.2, 0.25) is 0 Å². The summed E-state index contributed by atoms with van der Waals surface area (Å²) in [4.78, 5) is 0. The van der Waals surface area contributed by atoms with Crippen molar-refractivity contribution in [3.8, 4) is 17.2 Å². The van der Waals surface area contributed by atoms with Crippen LogP contribution in [0.15, 0.2) is 42.5 Å². The van der Waals surface area contributed by atoms with Gasteiger partial charge in [0.05, 0.1) is 17.8 Å². The van der Waals surface area contributed by atoms with Crippen LogP contribution in [0.25, 0.3) is 0 Å². The number of nitrogens with two attached hydrogens (primary N) is 1. The lowest BCUT2D eigenvalue weighted by atomic mass is 10.3. The minimum Gasteiger partial charge on any atom is -0.497 e. The normalized spacial score (nSPS) is 10.1. The summed E-state index contributed by atoms with van der Waals surface area (Å²) in [5.74, 6) is 2.24. The lowest BCUT2D eigenvalue weighted by molar-refractivity contribution is 0.217. The van der Waals surface area contributed by atoms with E-state index < -0.39 is 0 Å². The van der Waals surface area contributed by atoms with E-state index in [1.807, 2.05) is 24.3 Å². The zero-order valence-electron chi connectivity index (χ0n) is 11.1. The molecule has 4 nitrogen and oxygen atoms in total. The molecule has 0 spiro atoms. The summed E-state index contributed by atoms with van der Waals surface area (Å²) in [7, 11) is 1.63. The molecule has 0 unspecified atom stereocenters. The molecule has 0 atom stereocenters. The van der Waals surface area contributed by atoms with Crippen LogP contribution < -0.4 is 19.9 Å². The maximum Gasteiger partial charge on any atom is 0.122 e. The maximum absolute atomic E-state index is 5.83. The number of ether oxygens (including phenoxy) is 3. The molecule has 0 bridgehead atoms. The summed E-state index contributed by atoms with van der Waals surface area (Å²) in [6.45, 7) is 0.863. The minimum atomic E-state index is 0.424. The number of hydrogen-bond donors (Lipinski definition) is 1. The molecule has 20 heavy (non-hydrogen) atoms. The molecule has 106 valence electrons. The predicted molar refractivity (Wildman–Crippen MR) is 79.8 cm³/mol. The quantitative estimate of drug-likeness (QED) is 0.655. The van der Waals surface area contributed by atoms with Gasteiger partial charge in [0.1, 0.15) is 30.5 Å². The maximum atomic E-state index is 5.83. The van der Waals surface area contributed by atoms with Gasteiger partial charge in [-0.05, 0) is 36.4 Å². The van der Waals surface area contributed by atoms with Crippen LogP contribution >= 0.6 is 11.6 Å². The van der Waals surface area contributed by atoms with E-state index in [4.69, 9.17) is 31.5 Å². The third-order valence-electron chi connectivity index (χ3n) is 2.65. The average Bonchev–Trinajstić information content (AvgIpc) is 2.48. The Hall–Kier alpha value is -2.07. The van der Waals surface area contributed by atoms with Crippen LogP contribution in [-0.2, 0) is 0 Å². The van der Waals surface area contributed by atoms with Gasteiger partial charge in [-0.25, -0.2) is 0 Å². The van der Waals surface area contributed by atoms with E-state index in [-0.39, 0.29) is 0 Å². The number of hydrogen-bond acceptors (Lipinski definition) is 4. The van der Waals surface area contributed by atoms with Crippen LogP contribution in [0, 0.1) is 0 Å². The molecule has 0 fully saturated rings. The van der Waals surface area contributed by atoms with Gasteiger partial charge in [-0.3, -0.25) is 0 Å². The molecule has 0 heterocycles. The highest BCUT2D eigenvalue weighted by Gasteiger charge is 2.00. The van der Waals surface area contributed by atoms with Gasteiger partial charge in [0.25, 0.3) is 0 Å². The van der Waals surface area contributed by atoms with Gasteiger partial charge < -0.3 is 19.9 Å². The van der Waals surface area contributed by atoms with Gasteiger partial charge in [-0.1, -0.05) is 11.6 Å². The molecule has 2 aromatic carbocycles. The number of anilines is 1. The lowest BCUT2D eigenvalue weighted by Crippen LogP contribution is -2.09. The molecule has 0 saturated carbocycles. The Balaban J connectivity index is 1.76. The second-order valence-electron chi connectivity index (χ2n) is 4.06. The Morgan fingerprint density at radius 2 is 1.45 bits per heavy atom. The van der Waals surface area contributed by atoms with Crippen molar-refractivity contribution in [1.29, 1.82) is 0 Å². The van der Waals surface area contributed by atoms with E-state index in [2.05, 4.69) is 0 Å². The summed E-state index contributed by atoms with van der Waals surface area (Å²) in [5, 5.41) is 0.520. The van der Waals surface area contributed by atoms with E-state index >= 15 is 0 Å². The molecule has 0 aliphatic carbocycles. The van der Waals surface area contributed by atoms with Crippen molar-refractivity contribution < 1.29 is 14.2 Å². The summed E-state index contributed by atoms with van der Waals surface area (Å²) in [6, 6.07) is 12.5. The Morgan fingerprint density at radius 1 is 0.900 bits per heavy atom. The van der Waals surface area contributed by atoms with E-state index in [1.165, 1.54) is 0 Å². The van der Waals surface area contributed by atoms with Gasteiger partial charge in [0, 0.05) is 6.07 Å². The Labute approximate surface area is 123 Å².